The van der Waals surface area contributed by atoms with Gasteiger partial charge in [-0.2, -0.15) is 0 Å². The first-order valence-electron chi connectivity index (χ1n) is 11.9. The van der Waals surface area contributed by atoms with E-state index in [1.165, 1.54) is 26.2 Å². The molecule has 0 unspecified atom stereocenters. The number of hydrogen-bond acceptors (Lipinski definition) is 13. The van der Waals surface area contributed by atoms with Crippen LogP contribution in [0.4, 0.5) is 16.2 Å². The first kappa shape index (κ1) is 28.9. The van der Waals surface area contributed by atoms with Crippen LogP contribution in [0.2, 0.25) is 0 Å². The molecular weight excluding hydrogens is 560 g/mol. The summed E-state index contributed by atoms with van der Waals surface area (Å²) in [5.74, 6) is -1.29. The molecule has 0 bridgehead atoms. The first-order chi connectivity index (χ1) is 20.1. The number of benzene rings is 2. The maximum Gasteiger partial charge on any atom is 0.519 e. The van der Waals surface area contributed by atoms with Crippen molar-refractivity contribution >= 4 is 29.3 Å². The van der Waals surface area contributed by atoms with Gasteiger partial charge in [0, 0.05) is 50.2 Å². The fourth-order valence-electron chi connectivity index (χ4n) is 3.88. The van der Waals surface area contributed by atoms with Crippen molar-refractivity contribution in [2.75, 3.05) is 14.1 Å². The van der Waals surface area contributed by atoms with Gasteiger partial charge in [0.2, 0.25) is 0 Å². The Kier molecular flexibility index (Phi) is 8.50. The second kappa shape index (κ2) is 12.4. The number of carbonyl (C=O) groups is 3. The maximum atomic E-state index is 12.6. The summed E-state index contributed by atoms with van der Waals surface area (Å²) in [7, 11) is 2.79. The normalized spacial score (nSPS) is 10.5. The molecule has 0 spiro atoms. The minimum atomic E-state index is -1.26. The zero-order valence-electron chi connectivity index (χ0n) is 21.8. The molecule has 0 atom stereocenters. The van der Waals surface area contributed by atoms with Gasteiger partial charge >= 0.3 is 6.16 Å². The lowest BCUT2D eigenvalue weighted by Crippen LogP contribution is -2.19. The van der Waals surface area contributed by atoms with Gasteiger partial charge in [-0.3, -0.25) is 29.8 Å². The van der Waals surface area contributed by atoms with Crippen molar-refractivity contribution in [3.05, 3.63) is 103 Å². The van der Waals surface area contributed by atoms with E-state index in [4.69, 9.17) is 18.5 Å². The number of hydrogen-bond donors (Lipinski definition) is 2. The number of aromatic nitrogens is 2. The minimum Gasteiger partial charge on any atom is -0.395 e. The summed E-state index contributed by atoms with van der Waals surface area (Å²) < 4.78 is 20.0. The highest BCUT2D eigenvalue weighted by Crippen LogP contribution is 2.29. The Morgan fingerprint density at radius 3 is 1.52 bits per heavy atom. The molecule has 0 aliphatic carbocycles. The van der Waals surface area contributed by atoms with E-state index in [0.29, 0.717) is 0 Å². The van der Waals surface area contributed by atoms with Crippen LogP contribution < -0.4 is 20.1 Å². The van der Waals surface area contributed by atoms with E-state index in [0.717, 1.165) is 36.8 Å². The largest absolute Gasteiger partial charge is 0.519 e. The van der Waals surface area contributed by atoms with Crippen LogP contribution in [0.3, 0.4) is 0 Å². The molecule has 17 heteroatoms. The summed E-state index contributed by atoms with van der Waals surface area (Å²) in [6.45, 7) is 0. The molecule has 4 aromatic rings. The number of carbonyl (C=O) groups excluding carboxylic acids is 3. The third-order valence-electron chi connectivity index (χ3n) is 5.85. The molecule has 2 aromatic heterocycles. The van der Waals surface area contributed by atoms with Gasteiger partial charge in [0.25, 0.3) is 23.2 Å². The number of nitro groups is 2. The standard InChI is InChI=1S/C25H20N6O11/c1-26-23(32)17-11-39-28-19(17)9-13-7-15(3-5-21(13)30(35)36)41-25(34)42-16-4-6-22(31(37)38)14(8-16)10-20-18(12-40-29-20)24(33)27-2/h3-8,11-12H,9-10H2,1-2H3,(H,26,32)(H,27,33). The van der Waals surface area contributed by atoms with E-state index < -0.39 is 27.8 Å². The number of ether oxygens (including phenoxy) is 2. The fourth-order valence-corrected chi connectivity index (χ4v) is 3.88. The summed E-state index contributed by atoms with van der Waals surface area (Å²) >= 11 is 0. The molecule has 42 heavy (non-hydrogen) atoms. The lowest BCUT2D eigenvalue weighted by molar-refractivity contribution is -0.385. The monoisotopic (exact) mass is 580 g/mol. The molecule has 0 saturated heterocycles. The molecule has 0 saturated carbocycles. The average Bonchev–Trinajstić information content (AvgIpc) is 3.61. The van der Waals surface area contributed by atoms with Crippen molar-refractivity contribution in [1.82, 2.24) is 20.9 Å². The van der Waals surface area contributed by atoms with Crippen molar-refractivity contribution in [2.45, 2.75) is 12.8 Å². The Balaban J connectivity index is 1.55. The van der Waals surface area contributed by atoms with Crippen LogP contribution in [0.15, 0.2) is 58.0 Å². The number of nitro benzene ring substituents is 2. The number of nitrogens with one attached hydrogen (secondary N) is 2. The second-order valence-corrected chi connectivity index (χ2v) is 8.41. The maximum absolute atomic E-state index is 12.6. The predicted molar refractivity (Wildman–Crippen MR) is 138 cm³/mol. The Bertz CT molecular complexity index is 1570. The molecule has 0 fully saturated rings. The molecule has 0 aliphatic rings. The van der Waals surface area contributed by atoms with Crippen LogP contribution in [0.5, 0.6) is 11.5 Å². The summed E-state index contributed by atoms with van der Waals surface area (Å²) in [5.41, 5.74) is -0.178. The van der Waals surface area contributed by atoms with Crippen LogP contribution in [-0.2, 0) is 12.8 Å². The summed E-state index contributed by atoms with van der Waals surface area (Å²) in [6, 6.07) is 6.93. The molecule has 0 radical (unpaired) electrons. The molecule has 216 valence electrons. The van der Waals surface area contributed by atoms with Gasteiger partial charge in [0.15, 0.2) is 0 Å². The van der Waals surface area contributed by atoms with Crippen LogP contribution in [0, 0.1) is 20.2 Å². The van der Waals surface area contributed by atoms with E-state index in [-0.39, 0.29) is 69.4 Å². The number of amides is 2. The molecule has 2 N–H and O–H groups in total. The highest BCUT2D eigenvalue weighted by molar-refractivity contribution is 5.95. The van der Waals surface area contributed by atoms with E-state index in [9.17, 15) is 34.6 Å². The molecule has 0 aliphatic heterocycles. The molecule has 17 nitrogen and oxygen atoms in total. The quantitative estimate of drug-likeness (QED) is 0.119. The van der Waals surface area contributed by atoms with Crippen LogP contribution in [0.1, 0.15) is 43.2 Å². The minimum absolute atomic E-state index is 0.0570. The van der Waals surface area contributed by atoms with Crippen molar-refractivity contribution in [1.29, 1.82) is 0 Å². The van der Waals surface area contributed by atoms with Gasteiger partial charge < -0.3 is 29.2 Å². The summed E-state index contributed by atoms with van der Waals surface area (Å²) in [5, 5.41) is 35.4. The van der Waals surface area contributed by atoms with Crippen molar-refractivity contribution in [3.8, 4) is 11.5 Å². The van der Waals surface area contributed by atoms with Gasteiger partial charge in [0.1, 0.15) is 46.5 Å². The van der Waals surface area contributed by atoms with Crippen LogP contribution >= 0.6 is 0 Å². The molecule has 4 rings (SSSR count). The second-order valence-electron chi connectivity index (χ2n) is 8.41. The highest BCUT2D eigenvalue weighted by Gasteiger charge is 2.24. The highest BCUT2D eigenvalue weighted by atomic mass is 16.7. The van der Waals surface area contributed by atoms with Gasteiger partial charge in [-0.1, -0.05) is 10.3 Å². The number of nitrogens with zero attached hydrogens (tertiary/aromatic N) is 4. The van der Waals surface area contributed by atoms with Crippen molar-refractivity contribution < 1.29 is 42.8 Å². The van der Waals surface area contributed by atoms with Crippen LogP contribution in [0.25, 0.3) is 0 Å². The van der Waals surface area contributed by atoms with Gasteiger partial charge in [-0.25, -0.2) is 4.79 Å². The van der Waals surface area contributed by atoms with E-state index >= 15 is 0 Å². The Morgan fingerprint density at radius 1 is 0.762 bits per heavy atom. The average molecular weight is 580 g/mol. The zero-order valence-corrected chi connectivity index (χ0v) is 21.8. The Hall–Kier alpha value is -6.13. The van der Waals surface area contributed by atoms with Crippen LogP contribution in [-0.4, -0.2) is 52.2 Å². The number of rotatable bonds is 10. The fraction of sp³-hybridized carbons (Fsp3) is 0.160. The smallest absolute Gasteiger partial charge is 0.395 e. The summed E-state index contributed by atoms with van der Waals surface area (Å²) in [4.78, 5) is 58.4. The molecule has 2 heterocycles. The third-order valence-corrected chi connectivity index (χ3v) is 5.85. The third kappa shape index (κ3) is 6.36. The van der Waals surface area contributed by atoms with E-state index in [1.54, 1.807) is 0 Å². The Morgan fingerprint density at radius 2 is 1.17 bits per heavy atom. The predicted octanol–water partition coefficient (Wildman–Crippen LogP) is 2.96. The van der Waals surface area contributed by atoms with Crippen molar-refractivity contribution in [2.24, 2.45) is 0 Å². The SMILES string of the molecule is CNC(=O)c1conc1Cc1cc(OC(=O)Oc2ccc([N+](=O)[O-])c(Cc3nocc3C(=O)NC)c2)ccc1[N+](=O)[O-]. The summed E-state index contributed by atoms with van der Waals surface area (Å²) in [6.07, 6.45) is 0.534. The molecular formula is C25H20N6O11. The Labute approximate surface area is 234 Å². The van der Waals surface area contributed by atoms with E-state index in [2.05, 4.69) is 20.9 Å². The molecule has 2 aromatic carbocycles. The van der Waals surface area contributed by atoms with Gasteiger partial charge in [-0.15, -0.1) is 0 Å². The molecule has 2 amide bonds. The lowest BCUT2D eigenvalue weighted by Gasteiger charge is -2.09. The zero-order chi connectivity index (χ0) is 30.4. The van der Waals surface area contributed by atoms with Crippen molar-refractivity contribution in [3.63, 3.8) is 0 Å². The topological polar surface area (TPSA) is 232 Å². The first-order valence-corrected chi connectivity index (χ1v) is 11.9. The van der Waals surface area contributed by atoms with Gasteiger partial charge in [0.05, 0.1) is 9.85 Å². The lowest BCUT2D eigenvalue weighted by atomic mass is 10.0. The van der Waals surface area contributed by atoms with E-state index in [1.807, 2.05) is 0 Å². The van der Waals surface area contributed by atoms with Gasteiger partial charge in [-0.05, 0) is 24.3 Å².